The third kappa shape index (κ3) is 2.92. The molecule has 1 heterocycles. The van der Waals surface area contributed by atoms with Crippen molar-refractivity contribution in [2.24, 2.45) is 10.9 Å². The van der Waals surface area contributed by atoms with Gasteiger partial charge in [0.15, 0.2) is 0 Å². The monoisotopic (exact) mass is 249 g/mol. The second kappa shape index (κ2) is 5.73. The Balaban J connectivity index is 2.03. The standard InChI is InChI=1S/C13H19N3O2/c1-2-11(6-13(14)16-17)15-12-4-3-9-7-18-8-10(9)5-12/h3-5,11,15,17H,2,6-8H2,1H3,(H2,14,16). The van der Waals surface area contributed by atoms with Gasteiger partial charge in [-0.2, -0.15) is 0 Å². The third-order valence-electron chi connectivity index (χ3n) is 3.17. The molecule has 0 aromatic heterocycles. The van der Waals surface area contributed by atoms with Crippen LogP contribution < -0.4 is 11.1 Å². The maximum absolute atomic E-state index is 8.59. The molecule has 2 rings (SSSR count). The molecule has 0 fully saturated rings. The number of nitrogens with two attached hydrogens (primary N) is 1. The quantitative estimate of drug-likeness (QED) is 0.323. The molecule has 5 nitrogen and oxygen atoms in total. The van der Waals surface area contributed by atoms with Gasteiger partial charge in [0.2, 0.25) is 0 Å². The second-order valence-electron chi connectivity index (χ2n) is 4.52. The number of hydrogen-bond acceptors (Lipinski definition) is 4. The molecule has 0 radical (unpaired) electrons. The van der Waals surface area contributed by atoms with Gasteiger partial charge in [-0.15, -0.1) is 0 Å². The lowest BCUT2D eigenvalue weighted by Crippen LogP contribution is -2.26. The van der Waals surface area contributed by atoms with E-state index < -0.39 is 0 Å². The summed E-state index contributed by atoms with van der Waals surface area (Å²) in [6.45, 7) is 3.46. The highest BCUT2D eigenvalue weighted by molar-refractivity contribution is 5.80. The van der Waals surface area contributed by atoms with Crippen LogP contribution in [0.2, 0.25) is 0 Å². The molecule has 18 heavy (non-hydrogen) atoms. The van der Waals surface area contributed by atoms with E-state index >= 15 is 0 Å². The van der Waals surface area contributed by atoms with Crippen LogP contribution in [0, 0.1) is 0 Å². The van der Waals surface area contributed by atoms with Crippen LogP contribution in [0.25, 0.3) is 0 Å². The highest BCUT2D eigenvalue weighted by Gasteiger charge is 2.13. The van der Waals surface area contributed by atoms with Crippen molar-refractivity contribution in [1.82, 2.24) is 0 Å². The Morgan fingerprint density at radius 2 is 2.28 bits per heavy atom. The van der Waals surface area contributed by atoms with Gasteiger partial charge in [-0.3, -0.25) is 0 Å². The minimum Gasteiger partial charge on any atom is -0.409 e. The molecular weight excluding hydrogens is 230 g/mol. The molecule has 0 saturated heterocycles. The highest BCUT2D eigenvalue weighted by atomic mass is 16.5. The van der Waals surface area contributed by atoms with Gasteiger partial charge < -0.3 is 21.0 Å². The lowest BCUT2D eigenvalue weighted by molar-refractivity contribution is 0.134. The van der Waals surface area contributed by atoms with E-state index in [1.807, 2.05) is 6.07 Å². The number of amidine groups is 1. The number of anilines is 1. The van der Waals surface area contributed by atoms with Crippen molar-refractivity contribution >= 4 is 11.5 Å². The summed E-state index contributed by atoms with van der Waals surface area (Å²) in [4.78, 5) is 0. The summed E-state index contributed by atoms with van der Waals surface area (Å²) < 4.78 is 5.38. The van der Waals surface area contributed by atoms with E-state index in [9.17, 15) is 0 Å². The number of oxime groups is 1. The van der Waals surface area contributed by atoms with E-state index in [1.54, 1.807) is 0 Å². The first-order valence-electron chi connectivity index (χ1n) is 6.15. The minimum atomic E-state index is 0.168. The molecule has 1 aromatic carbocycles. The molecule has 0 amide bonds. The first-order valence-corrected chi connectivity index (χ1v) is 6.15. The first-order chi connectivity index (χ1) is 8.72. The predicted molar refractivity (Wildman–Crippen MR) is 70.7 cm³/mol. The van der Waals surface area contributed by atoms with E-state index in [2.05, 4.69) is 29.5 Å². The van der Waals surface area contributed by atoms with Crippen LogP contribution in [-0.4, -0.2) is 17.1 Å². The van der Waals surface area contributed by atoms with E-state index in [4.69, 9.17) is 15.7 Å². The van der Waals surface area contributed by atoms with Gasteiger partial charge in [-0.05, 0) is 29.7 Å². The van der Waals surface area contributed by atoms with E-state index in [0.29, 0.717) is 19.6 Å². The summed E-state index contributed by atoms with van der Waals surface area (Å²) in [5.74, 6) is 0.249. The van der Waals surface area contributed by atoms with Crippen molar-refractivity contribution in [3.63, 3.8) is 0 Å². The van der Waals surface area contributed by atoms with Gasteiger partial charge in [-0.1, -0.05) is 18.1 Å². The Labute approximate surface area is 107 Å². The number of nitrogens with one attached hydrogen (secondary N) is 1. The van der Waals surface area contributed by atoms with E-state index in [-0.39, 0.29) is 11.9 Å². The summed E-state index contributed by atoms with van der Waals surface area (Å²) in [7, 11) is 0. The molecule has 4 N–H and O–H groups in total. The van der Waals surface area contributed by atoms with Crippen LogP contribution in [0.1, 0.15) is 30.9 Å². The summed E-state index contributed by atoms with van der Waals surface area (Å²) in [5, 5.41) is 15.0. The van der Waals surface area contributed by atoms with E-state index in [0.717, 1.165) is 12.1 Å². The maximum Gasteiger partial charge on any atom is 0.141 e. The fraction of sp³-hybridized carbons (Fsp3) is 0.462. The molecule has 0 aliphatic carbocycles. The Morgan fingerprint density at radius 3 is 3.00 bits per heavy atom. The number of fused-ring (bicyclic) bond motifs is 1. The molecule has 1 atom stereocenters. The molecule has 1 aliphatic rings. The first kappa shape index (κ1) is 12.7. The summed E-state index contributed by atoms with van der Waals surface area (Å²) >= 11 is 0. The van der Waals surface area contributed by atoms with Crippen LogP contribution in [0.5, 0.6) is 0 Å². The third-order valence-corrected chi connectivity index (χ3v) is 3.17. The van der Waals surface area contributed by atoms with Gasteiger partial charge in [0, 0.05) is 18.2 Å². The zero-order valence-corrected chi connectivity index (χ0v) is 10.5. The topological polar surface area (TPSA) is 79.9 Å². The number of ether oxygens (including phenoxy) is 1. The van der Waals surface area contributed by atoms with Crippen LogP contribution in [-0.2, 0) is 18.0 Å². The Morgan fingerprint density at radius 1 is 1.50 bits per heavy atom. The van der Waals surface area contributed by atoms with Gasteiger partial charge in [0.1, 0.15) is 5.84 Å². The molecule has 0 saturated carbocycles. The van der Waals surface area contributed by atoms with Crippen molar-refractivity contribution in [3.8, 4) is 0 Å². The Bertz CT molecular complexity index is 446. The van der Waals surface area contributed by atoms with Crippen molar-refractivity contribution < 1.29 is 9.94 Å². The lowest BCUT2D eigenvalue weighted by atomic mass is 10.1. The largest absolute Gasteiger partial charge is 0.409 e. The smallest absolute Gasteiger partial charge is 0.141 e. The molecule has 1 aromatic rings. The summed E-state index contributed by atoms with van der Waals surface area (Å²) in [5.41, 5.74) is 9.08. The fourth-order valence-electron chi connectivity index (χ4n) is 2.09. The highest BCUT2D eigenvalue weighted by Crippen LogP contribution is 2.24. The zero-order valence-electron chi connectivity index (χ0n) is 10.5. The summed E-state index contributed by atoms with van der Waals surface area (Å²) in [6, 6.07) is 6.40. The second-order valence-corrected chi connectivity index (χ2v) is 4.52. The van der Waals surface area contributed by atoms with Crippen molar-refractivity contribution in [2.45, 2.75) is 39.0 Å². The van der Waals surface area contributed by atoms with Gasteiger partial charge >= 0.3 is 0 Å². The van der Waals surface area contributed by atoms with Gasteiger partial charge in [0.25, 0.3) is 0 Å². The number of rotatable bonds is 5. The molecule has 98 valence electrons. The van der Waals surface area contributed by atoms with Crippen molar-refractivity contribution in [3.05, 3.63) is 29.3 Å². The predicted octanol–water partition coefficient (Wildman–Crippen LogP) is 2.04. The number of hydrogen-bond donors (Lipinski definition) is 3. The molecule has 5 heteroatoms. The van der Waals surface area contributed by atoms with Crippen LogP contribution in [0.3, 0.4) is 0 Å². The fourth-order valence-corrected chi connectivity index (χ4v) is 2.09. The average Bonchev–Trinajstić information content (AvgIpc) is 2.85. The molecule has 0 spiro atoms. The van der Waals surface area contributed by atoms with Crippen molar-refractivity contribution in [1.29, 1.82) is 0 Å². The van der Waals surface area contributed by atoms with Crippen LogP contribution in [0.4, 0.5) is 5.69 Å². The lowest BCUT2D eigenvalue weighted by Gasteiger charge is -2.18. The molecular formula is C13H19N3O2. The Kier molecular flexibility index (Phi) is 4.04. The average molecular weight is 249 g/mol. The maximum atomic E-state index is 8.59. The van der Waals surface area contributed by atoms with Crippen LogP contribution >= 0.6 is 0 Å². The molecule has 0 bridgehead atoms. The molecule has 1 unspecified atom stereocenters. The molecule has 1 aliphatic heterocycles. The van der Waals surface area contributed by atoms with Gasteiger partial charge in [-0.25, -0.2) is 0 Å². The normalized spacial score (nSPS) is 16.4. The summed E-state index contributed by atoms with van der Waals surface area (Å²) in [6.07, 6.45) is 1.43. The zero-order chi connectivity index (χ0) is 13.0. The van der Waals surface area contributed by atoms with Crippen LogP contribution in [0.15, 0.2) is 23.4 Å². The number of nitrogens with zero attached hydrogens (tertiary/aromatic N) is 1. The van der Waals surface area contributed by atoms with Crippen molar-refractivity contribution in [2.75, 3.05) is 5.32 Å². The van der Waals surface area contributed by atoms with Gasteiger partial charge in [0.05, 0.1) is 13.2 Å². The number of benzene rings is 1. The van der Waals surface area contributed by atoms with E-state index in [1.165, 1.54) is 11.1 Å². The SMILES string of the molecule is CCC(C/C(N)=N/O)Nc1ccc2c(c1)COC2. The minimum absolute atomic E-state index is 0.168. The Hall–Kier alpha value is -1.75.